The van der Waals surface area contributed by atoms with E-state index in [9.17, 15) is 22.8 Å². The van der Waals surface area contributed by atoms with Gasteiger partial charge < -0.3 is 15.4 Å². The van der Waals surface area contributed by atoms with E-state index >= 15 is 0 Å². The number of imidazole rings is 1. The standard InChI is InChI=1S/C23H21F3N8O2.CH2O2/c24-23(25,26)15-10-16(19-18(11-15)27-13-28-19)20(35)29-17-8-4-5-9-33(21(17)36)22-30-31-32-34(22)12-14-6-2-1-3-7-14;2-1-3/h1-3,6-7,10-11,13,17H,4-5,8-9,12H2,(H,27,28)(H,29,35);1H,(H,2,3)/t17-;/m0./s1. The minimum atomic E-state index is -4.65. The molecule has 39 heavy (non-hydrogen) atoms. The van der Waals surface area contributed by atoms with Crippen LogP contribution in [0.3, 0.4) is 0 Å². The quantitative estimate of drug-likeness (QED) is 0.324. The van der Waals surface area contributed by atoms with Crippen molar-refractivity contribution in [2.24, 2.45) is 0 Å². The summed E-state index contributed by atoms with van der Waals surface area (Å²) in [6, 6.07) is 10.1. The summed E-state index contributed by atoms with van der Waals surface area (Å²) in [4.78, 5) is 42.9. The number of carboxylic acid groups (broad SMARTS) is 1. The van der Waals surface area contributed by atoms with Gasteiger partial charge in [0.1, 0.15) is 11.6 Å². The Bertz CT molecular complexity index is 1450. The topological polar surface area (TPSA) is 159 Å². The SMILES string of the molecule is O=C(N[C@H]1CCCCN(c2nnnn2Cc2ccccc2)C1=O)c1cc(C(F)(F)F)cc2[nH]cnc12.O=CO. The Morgan fingerprint density at radius 2 is 1.95 bits per heavy atom. The van der Waals surface area contributed by atoms with Gasteiger partial charge in [0.05, 0.1) is 29.5 Å². The minimum Gasteiger partial charge on any atom is -0.483 e. The van der Waals surface area contributed by atoms with Gasteiger partial charge in [0, 0.05) is 6.54 Å². The summed E-state index contributed by atoms with van der Waals surface area (Å²) in [5, 5.41) is 21.3. The van der Waals surface area contributed by atoms with Crippen LogP contribution in [0.25, 0.3) is 11.0 Å². The van der Waals surface area contributed by atoms with Crippen LogP contribution in [-0.4, -0.2) is 66.2 Å². The van der Waals surface area contributed by atoms with Crippen LogP contribution < -0.4 is 10.2 Å². The molecule has 1 atom stereocenters. The Labute approximate surface area is 218 Å². The summed E-state index contributed by atoms with van der Waals surface area (Å²) in [5.74, 6) is -1.02. The van der Waals surface area contributed by atoms with E-state index < -0.39 is 29.6 Å². The lowest BCUT2D eigenvalue weighted by molar-refractivity contribution is -0.137. The molecule has 0 spiro atoms. The van der Waals surface area contributed by atoms with Gasteiger partial charge in [-0.25, -0.2) is 9.67 Å². The van der Waals surface area contributed by atoms with Crippen molar-refractivity contribution in [2.45, 2.75) is 38.0 Å². The number of hydrogen-bond donors (Lipinski definition) is 3. The van der Waals surface area contributed by atoms with Gasteiger partial charge in [-0.1, -0.05) is 35.4 Å². The molecule has 0 bridgehead atoms. The maximum Gasteiger partial charge on any atom is 0.416 e. The van der Waals surface area contributed by atoms with Crippen LogP contribution in [0.4, 0.5) is 19.1 Å². The molecule has 12 nitrogen and oxygen atoms in total. The van der Waals surface area contributed by atoms with Crippen LogP contribution in [0.1, 0.15) is 40.7 Å². The van der Waals surface area contributed by atoms with Gasteiger partial charge in [0.25, 0.3) is 24.2 Å². The van der Waals surface area contributed by atoms with Crippen LogP contribution in [0, 0.1) is 0 Å². The zero-order valence-electron chi connectivity index (χ0n) is 20.3. The molecule has 4 aromatic rings. The summed E-state index contributed by atoms with van der Waals surface area (Å²) in [6.07, 6.45) is -1.85. The molecule has 0 radical (unpaired) electrons. The number of tetrazole rings is 1. The second-order valence-corrected chi connectivity index (χ2v) is 8.56. The van der Waals surface area contributed by atoms with Crippen LogP contribution in [-0.2, 0) is 22.3 Å². The average Bonchev–Trinajstić information content (AvgIpc) is 3.53. The molecule has 3 heterocycles. The Morgan fingerprint density at radius 1 is 1.21 bits per heavy atom. The number of carbonyl (C=O) groups is 3. The summed E-state index contributed by atoms with van der Waals surface area (Å²) in [6.45, 7) is 0.429. The monoisotopic (exact) mass is 544 g/mol. The number of carbonyl (C=O) groups excluding carboxylic acids is 2. The number of nitrogens with zero attached hydrogens (tertiary/aromatic N) is 6. The molecule has 0 aliphatic carbocycles. The smallest absolute Gasteiger partial charge is 0.416 e. The molecule has 2 aromatic carbocycles. The molecule has 1 saturated heterocycles. The fraction of sp³-hybridized carbons (Fsp3) is 0.292. The third-order valence-electron chi connectivity index (χ3n) is 6.02. The van der Waals surface area contributed by atoms with Crippen molar-refractivity contribution in [3.05, 3.63) is 65.5 Å². The minimum absolute atomic E-state index is 0.0730. The summed E-state index contributed by atoms with van der Waals surface area (Å²) in [7, 11) is 0. The van der Waals surface area contributed by atoms with E-state index in [2.05, 4.69) is 30.8 Å². The van der Waals surface area contributed by atoms with E-state index in [1.807, 2.05) is 30.3 Å². The number of alkyl halides is 3. The summed E-state index contributed by atoms with van der Waals surface area (Å²) in [5.41, 5.74) is -0.156. The molecule has 0 saturated carbocycles. The van der Waals surface area contributed by atoms with Gasteiger partial charge in [-0.3, -0.25) is 19.3 Å². The first-order valence-electron chi connectivity index (χ1n) is 11.8. The highest BCUT2D eigenvalue weighted by Gasteiger charge is 2.35. The van der Waals surface area contributed by atoms with Crippen molar-refractivity contribution in [2.75, 3.05) is 11.4 Å². The lowest BCUT2D eigenvalue weighted by Gasteiger charge is -2.23. The Balaban J connectivity index is 0.00000112. The summed E-state index contributed by atoms with van der Waals surface area (Å²) >= 11 is 0. The lowest BCUT2D eigenvalue weighted by Crippen LogP contribution is -2.48. The highest BCUT2D eigenvalue weighted by atomic mass is 19.4. The second kappa shape index (κ2) is 11.7. The first-order valence-corrected chi connectivity index (χ1v) is 11.8. The highest BCUT2D eigenvalue weighted by Crippen LogP contribution is 2.32. The molecule has 5 rings (SSSR count). The zero-order valence-corrected chi connectivity index (χ0v) is 20.3. The van der Waals surface area contributed by atoms with Crippen LogP contribution in [0.5, 0.6) is 0 Å². The number of rotatable bonds is 5. The molecular formula is C24H23F3N8O4. The van der Waals surface area contributed by atoms with Crippen molar-refractivity contribution in [3.63, 3.8) is 0 Å². The molecular weight excluding hydrogens is 521 g/mol. The van der Waals surface area contributed by atoms with E-state index in [-0.39, 0.29) is 29.0 Å². The third kappa shape index (κ3) is 6.19. The third-order valence-corrected chi connectivity index (χ3v) is 6.02. The molecule has 3 N–H and O–H groups in total. The van der Waals surface area contributed by atoms with Crippen LogP contribution >= 0.6 is 0 Å². The van der Waals surface area contributed by atoms with Gasteiger partial charge in [0.15, 0.2) is 0 Å². The van der Waals surface area contributed by atoms with E-state index in [4.69, 9.17) is 9.90 Å². The lowest BCUT2D eigenvalue weighted by atomic mass is 10.1. The van der Waals surface area contributed by atoms with E-state index in [1.54, 1.807) is 0 Å². The number of benzene rings is 2. The van der Waals surface area contributed by atoms with Gasteiger partial charge in [0.2, 0.25) is 0 Å². The average molecular weight is 544 g/mol. The molecule has 2 amide bonds. The molecule has 1 aliphatic heterocycles. The number of aromatic amines is 1. The maximum atomic E-state index is 13.5. The zero-order chi connectivity index (χ0) is 28.0. The number of nitrogens with one attached hydrogen (secondary N) is 2. The number of halogens is 3. The fourth-order valence-corrected chi connectivity index (χ4v) is 4.25. The van der Waals surface area contributed by atoms with Crippen molar-refractivity contribution < 1.29 is 32.7 Å². The fourth-order valence-electron chi connectivity index (χ4n) is 4.25. The van der Waals surface area contributed by atoms with Crippen LogP contribution in [0.2, 0.25) is 0 Å². The number of amides is 2. The number of anilines is 1. The van der Waals surface area contributed by atoms with Crippen LogP contribution in [0.15, 0.2) is 48.8 Å². The van der Waals surface area contributed by atoms with Gasteiger partial charge >= 0.3 is 6.18 Å². The largest absolute Gasteiger partial charge is 0.483 e. The predicted octanol–water partition coefficient (Wildman–Crippen LogP) is 2.63. The number of fused-ring (bicyclic) bond motifs is 1. The Kier molecular flexibility index (Phi) is 8.17. The van der Waals surface area contributed by atoms with Crippen molar-refractivity contribution >= 4 is 35.3 Å². The molecule has 15 heteroatoms. The molecule has 204 valence electrons. The van der Waals surface area contributed by atoms with E-state index in [1.165, 1.54) is 15.9 Å². The number of aromatic nitrogens is 6. The molecule has 1 aliphatic rings. The first kappa shape index (κ1) is 27.2. The van der Waals surface area contributed by atoms with Gasteiger partial charge in [-0.05, 0) is 47.4 Å². The van der Waals surface area contributed by atoms with E-state index in [0.29, 0.717) is 32.4 Å². The number of H-pyrrole nitrogens is 1. The normalized spacial score (nSPS) is 15.8. The van der Waals surface area contributed by atoms with Crippen molar-refractivity contribution in [1.29, 1.82) is 0 Å². The molecule has 1 fully saturated rings. The molecule has 0 unspecified atom stereocenters. The van der Waals surface area contributed by atoms with Gasteiger partial charge in [-0.2, -0.15) is 13.2 Å². The van der Waals surface area contributed by atoms with E-state index in [0.717, 1.165) is 17.7 Å². The second-order valence-electron chi connectivity index (χ2n) is 8.56. The summed E-state index contributed by atoms with van der Waals surface area (Å²) < 4.78 is 41.7. The van der Waals surface area contributed by atoms with Crippen molar-refractivity contribution in [1.82, 2.24) is 35.5 Å². The maximum absolute atomic E-state index is 13.5. The predicted molar refractivity (Wildman–Crippen MR) is 131 cm³/mol. The number of hydrogen-bond acceptors (Lipinski definition) is 7. The van der Waals surface area contributed by atoms with Crippen molar-refractivity contribution in [3.8, 4) is 0 Å². The highest BCUT2D eigenvalue weighted by molar-refractivity contribution is 6.07. The first-order chi connectivity index (χ1) is 18.7. The Morgan fingerprint density at radius 3 is 2.67 bits per heavy atom. The van der Waals surface area contributed by atoms with Gasteiger partial charge in [-0.15, -0.1) is 0 Å². The Hall–Kier alpha value is -4.82. The molecule has 2 aromatic heterocycles.